The maximum atomic E-state index is 11.6. The largest absolute Gasteiger partial charge is 0.330 e. The third-order valence-electron chi connectivity index (χ3n) is 3.53. The van der Waals surface area contributed by atoms with Crippen LogP contribution in [0.15, 0.2) is 23.1 Å². The van der Waals surface area contributed by atoms with E-state index in [2.05, 4.69) is 4.98 Å². The first-order chi connectivity index (χ1) is 8.66. The van der Waals surface area contributed by atoms with Crippen LogP contribution in [0.5, 0.6) is 0 Å². The molecule has 0 bridgehead atoms. The predicted octanol–water partition coefficient (Wildman–Crippen LogP) is 1.56. The molecule has 2 aromatic rings. The highest BCUT2D eigenvalue weighted by molar-refractivity contribution is 7.90. The number of fused-ring (bicyclic) bond motifs is 1. The van der Waals surface area contributed by atoms with Gasteiger partial charge in [0.15, 0.2) is 9.84 Å². The van der Waals surface area contributed by atoms with Crippen molar-refractivity contribution in [2.75, 3.05) is 6.26 Å². The van der Waals surface area contributed by atoms with Crippen molar-refractivity contribution in [3.63, 3.8) is 0 Å². The molecule has 1 aromatic carbocycles. The number of imidazole rings is 1. The number of rotatable bonds is 3. The van der Waals surface area contributed by atoms with Crippen LogP contribution in [0.4, 0.5) is 0 Å². The molecule has 6 heteroatoms. The fraction of sp³-hybridized carbons (Fsp3) is 0.462. The molecule has 0 fully saturated rings. The summed E-state index contributed by atoms with van der Waals surface area (Å²) in [6, 6.07) is 4.97. The van der Waals surface area contributed by atoms with Gasteiger partial charge in [0.05, 0.1) is 21.5 Å². The highest BCUT2D eigenvalue weighted by atomic mass is 32.2. The number of nitrogens with two attached hydrogens (primary N) is 1. The molecule has 0 amide bonds. The van der Waals surface area contributed by atoms with E-state index in [-0.39, 0.29) is 4.90 Å². The van der Waals surface area contributed by atoms with Crippen LogP contribution < -0.4 is 5.73 Å². The number of nitrogens with zero attached hydrogens (tertiary/aromatic N) is 2. The topological polar surface area (TPSA) is 78.0 Å². The van der Waals surface area contributed by atoms with E-state index in [1.165, 1.54) is 6.26 Å². The van der Waals surface area contributed by atoms with Crippen molar-refractivity contribution in [2.24, 2.45) is 12.8 Å². The third-order valence-corrected chi connectivity index (χ3v) is 4.64. The highest BCUT2D eigenvalue weighted by Crippen LogP contribution is 2.26. The molecule has 19 heavy (non-hydrogen) atoms. The Bertz CT molecular complexity index is 730. The summed E-state index contributed by atoms with van der Waals surface area (Å²) in [5.74, 6) is 0.760. The fourth-order valence-corrected chi connectivity index (χ4v) is 2.72. The molecule has 0 aliphatic rings. The van der Waals surface area contributed by atoms with Gasteiger partial charge in [0.2, 0.25) is 0 Å². The Morgan fingerprint density at radius 1 is 1.42 bits per heavy atom. The second-order valence-electron chi connectivity index (χ2n) is 5.19. The average molecular weight is 281 g/mol. The van der Waals surface area contributed by atoms with Gasteiger partial charge in [-0.15, -0.1) is 0 Å². The summed E-state index contributed by atoms with van der Waals surface area (Å²) in [6.07, 6.45) is 1.94. The van der Waals surface area contributed by atoms with Gasteiger partial charge in [0.25, 0.3) is 0 Å². The molecule has 2 N–H and O–H groups in total. The zero-order valence-electron chi connectivity index (χ0n) is 11.6. The predicted molar refractivity (Wildman–Crippen MR) is 75.7 cm³/mol. The first kappa shape index (κ1) is 14.0. The van der Waals surface area contributed by atoms with Crippen LogP contribution in [-0.4, -0.2) is 24.2 Å². The monoisotopic (exact) mass is 281 g/mol. The first-order valence-electron chi connectivity index (χ1n) is 6.12. The molecule has 5 nitrogen and oxygen atoms in total. The van der Waals surface area contributed by atoms with Gasteiger partial charge in [-0.1, -0.05) is 6.92 Å². The lowest BCUT2D eigenvalue weighted by Crippen LogP contribution is -2.35. The van der Waals surface area contributed by atoms with Crippen molar-refractivity contribution >= 4 is 20.9 Å². The Hall–Kier alpha value is -1.40. The standard InChI is InChI=1S/C13H19N3O2S/c1-5-13(2,14)12-15-10-8-9(19(4,17)18)6-7-11(10)16(12)3/h6-8H,5,14H2,1-4H3. The lowest BCUT2D eigenvalue weighted by Gasteiger charge is -2.21. The lowest BCUT2D eigenvalue weighted by molar-refractivity contribution is 0.434. The molecule has 0 spiro atoms. The zero-order chi connectivity index (χ0) is 14.4. The van der Waals surface area contributed by atoms with Crippen LogP contribution >= 0.6 is 0 Å². The van der Waals surface area contributed by atoms with Gasteiger partial charge in [0.1, 0.15) is 5.82 Å². The smallest absolute Gasteiger partial charge is 0.175 e. The van der Waals surface area contributed by atoms with E-state index in [1.807, 2.05) is 25.5 Å². The molecule has 104 valence electrons. The van der Waals surface area contributed by atoms with Crippen molar-refractivity contribution in [3.8, 4) is 0 Å². The van der Waals surface area contributed by atoms with E-state index in [0.717, 1.165) is 17.8 Å². The van der Waals surface area contributed by atoms with Crippen LogP contribution in [0.25, 0.3) is 11.0 Å². The van der Waals surface area contributed by atoms with Gasteiger partial charge in [-0.25, -0.2) is 13.4 Å². The Morgan fingerprint density at radius 2 is 2.05 bits per heavy atom. The van der Waals surface area contributed by atoms with E-state index in [4.69, 9.17) is 5.73 Å². The van der Waals surface area contributed by atoms with E-state index in [1.54, 1.807) is 18.2 Å². The van der Waals surface area contributed by atoms with E-state index in [0.29, 0.717) is 5.52 Å². The molecule has 0 aliphatic heterocycles. The fourth-order valence-electron chi connectivity index (χ4n) is 2.08. The Kier molecular flexibility index (Phi) is 3.18. The van der Waals surface area contributed by atoms with Crippen molar-refractivity contribution in [1.29, 1.82) is 0 Å². The molecule has 2 rings (SSSR count). The molecule has 0 radical (unpaired) electrons. The van der Waals surface area contributed by atoms with E-state index >= 15 is 0 Å². The van der Waals surface area contributed by atoms with Crippen molar-refractivity contribution < 1.29 is 8.42 Å². The van der Waals surface area contributed by atoms with Gasteiger partial charge >= 0.3 is 0 Å². The molecular weight excluding hydrogens is 262 g/mol. The molecular formula is C13H19N3O2S. The summed E-state index contributed by atoms with van der Waals surface area (Å²) >= 11 is 0. The Morgan fingerprint density at radius 3 is 2.58 bits per heavy atom. The lowest BCUT2D eigenvalue weighted by atomic mass is 10.00. The van der Waals surface area contributed by atoms with E-state index < -0.39 is 15.4 Å². The molecule has 0 aliphatic carbocycles. The minimum absolute atomic E-state index is 0.278. The van der Waals surface area contributed by atoms with Crippen LogP contribution in [0.1, 0.15) is 26.1 Å². The summed E-state index contributed by atoms with van der Waals surface area (Å²) in [5.41, 5.74) is 7.24. The van der Waals surface area contributed by atoms with Crippen LogP contribution in [0.3, 0.4) is 0 Å². The SMILES string of the molecule is CCC(C)(N)c1nc2cc(S(C)(=O)=O)ccc2n1C. The molecule has 0 saturated carbocycles. The molecule has 0 saturated heterocycles. The second kappa shape index (κ2) is 4.31. The Balaban J connectivity index is 2.71. The van der Waals surface area contributed by atoms with Gasteiger partial charge in [-0.2, -0.15) is 0 Å². The van der Waals surface area contributed by atoms with Crippen LogP contribution in [0.2, 0.25) is 0 Å². The quantitative estimate of drug-likeness (QED) is 0.926. The average Bonchev–Trinajstić information content (AvgIpc) is 2.66. The summed E-state index contributed by atoms with van der Waals surface area (Å²) < 4.78 is 25.0. The van der Waals surface area contributed by atoms with Crippen molar-refractivity contribution in [2.45, 2.75) is 30.7 Å². The summed E-state index contributed by atoms with van der Waals surface area (Å²) in [7, 11) is -1.33. The van der Waals surface area contributed by atoms with Gasteiger partial charge in [-0.3, -0.25) is 0 Å². The normalized spacial score (nSPS) is 15.6. The Labute approximate surface area is 113 Å². The zero-order valence-corrected chi connectivity index (χ0v) is 12.5. The van der Waals surface area contributed by atoms with Crippen molar-refractivity contribution in [3.05, 3.63) is 24.0 Å². The second-order valence-corrected chi connectivity index (χ2v) is 7.20. The van der Waals surface area contributed by atoms with Crippen molar-refractivity contribution in [1.82, 2.24) is 9.55 Å². The third kappa shape index (κ3) is 2.37. The number of benzene rings is 1. The maximum Gasteiger partial charge on any atom is 0.175 e. The summed E-state index contributed by atoms with van der Waals surface area (Å²) in [4.78, 5) is 4.78. The number of hydrogen-bond acceptors (Lipinski definition) is 4. The summed E-state index contributed by atoms with van der Waals surface area (Å²) in [5, 5.41) is 0. The van der Waals surface area contributed by atoms with Crippen LogP contribution in [0, 0.1) is 0 Å². The highest BCUT2D eigenvalue weighted by Gasteiger charge is 2.25. The molecule has 1 heterocycles. The number of aromatic nitrogens is 2. The number of aryl methyl sites for hydroxylation is 1. The first-order valence-corrected chi connectivity index (χ1v) is 8.02. The number of hydrogen-bond donors (Lipinski definition) is 1. The molecule has 1 aromatic heterocycles. The molecule has 1 unspecified atom stereocenters. The maximum absolute atomic E-state index is 11.6. The number of sulfone groups is 1. The van der Waals surface area contributed by atoms with E-state index in [9.17, 15) is 8.42 Å². The van der Waals surface area contributed by atoms with Crippen LogP contribution in [-0.2, 0) is 22.4 Å². The summed E-state index contributed by atoms with van der Waals surface area (Å²) in [6.45, 7) is 3.92. The van der Waals surface area contributed by atoms with Gasteiger partial charge < -0.3 is 10.3 Å². The minimum Gasteiger partial charge on any atom is -0.330 e. The minimum atomic E-state index is -3.22. The molecule has 1 atom stereocenters. The van der Waals surface area contributed by atoms with Gasteiger partial charge in [0, 0.05) is 13.3 Å². The van der Waals surface area contributed by atoms with Gasteiger partial charge in [-0.05, 0) is 31.5 Å².